The molecule has 0 atom stereocenters. The summed E-state index contributed by atoms with van der Waals surface area (Å²) in [6, 6.07) is 24.8. The molecule has 1 aliphatic rings. The summed E-state index contributed by atoms with van der Waals surface area (Å²) in [4.78, 5) is 43.6. The summed E-state index contributed by atoms with van der Waals surface area (Å²) in [5, 5.41) is 3.09. The topological polar surface area (TPSA) is 69.7 Å². The quantitative estimate of drug-likeness (QED) is 0.555. The third-order valence-corrected chi connectivity index (χ3v) is 6.98. The second-order valence-corrected chi connectivity index (χ2v) is 9.55. The minimum atomic E-state index is -1.14. The van der Waals surface area contributed by atoms with Gasteiger partial charge in [-0.1, -0.05) is 65.7 Å². The first-order valence-electron chi connectivity index (χ1n) is 12.4. The van der Waals surface area contributed by atoms with Crippen LogP contribution < -0.4 is 10.2 Å². The molecule has 1 aliphatic heterocycles. The number of piperidine rings is 1. The molecule has 6 nitrogen and oxygen atoms in total. The third kappa shape index (κ3) is 5.33. The molecule has 0 spiro atoms. The van der Waals surface area contributed by atoms with Gasteiger partial charge in [-0.2, -0.15) is 0 Å². The minimum absolute atomic E-state index is 0.0277. The highest BCUT2D eigenvalue weighted by Gasteiger charge is 2.49. The number of nitrogens with one attached hydrogen (secondary N) is 1. The molecule has 0 unspecified atom stereocenters. The van der Waals surface area contributed by atoms with E-state index in [1.54, 1.807) is 21.9 Å². The van der Waals surface area contributed by atoms with Gasteiger partial charge in [0.05, 0.1) is 0 Å². The molecule has 1 N–H and O–H groups in total. The fraction of sp³-hybridized carbons (Fsp3) is 0.300. The zero-order valence-electron chi connectivity index (χ0n) is 21.2. The monoisotopic (exact) mass is 483 g/mol. The van der Waals surface area contributed by atoms with Crippen LogP contribution in [0.15, 0.2) is 78.9 Å². The van der Waals surface area contributed by atoms with E-state index >= 15 is 0 Å². The normalized spacial score (nSPS) is 14.7. The maximum atomic E-state index is 14.1. The minimum Gasteiger partial charge on any atom is -0.350 e. The van der Waals surface area contributed by atoms with Gasteiger partial charge in [0.2, 0.25) is 11.8 Å². The van der Waals surface area contributed by atoms with Crippen molar-refractivity contribution >= 4 is 23.4 Å². The van der Waals surface area contributed by atoms with E-state index in [1.807, 2.05) is 80.6 Å². The second-order valence-electron chi connectivity index (χ2n) is 9.55. The zero-order valence-corrected chi connectivity index (χ0v) is 21.2. The number of hydrogen-bond acceptors (Lipinski definition) is 3. The maximum absolute atomic E-state index is 14.1. The molecule has 1 fully saturated rings. The van der Waals surface area contributed by atoms with Gasteiger partial charge in [0, 0.05) is 37.8 Å². The molecule has 0 saturated carbocycles. The van der Waals surface area contributed by atoms with E-state index in [-0.39, 0.29) is 17.7 Å². The van der Waals surface area contributed by atoms with Crippen molar-refractivity contribution in [1.29, 1.82) is 0 Å². The molecular weight excluding hydrogens is 450 g/mol. The Morgan fingerprint density at radius 2 is 1.39 bits per heavy atom. The average molecular weight is 484 g/mol. The average Bonchev–Trinajstić information content (AvgIpc) is 2.89. The van der Waals surface area contributed by atoms with Crippen LogP contribution in [0.4, 0.5) is 5.69 Å². The summed E-state index contributed by atoms with van der Waals surface area (Å²) in [7, 11) is 0. The molecule has 0 aliphatic carbocycles. The van der Waals surface area contributed by atoms with Crippen LogP contribution in [0, 0.1) is 13.8 Å². The Labute approximate surface area is 212 Å². The van der Waals surface area contributed by atoms with Gasteiger partial charge in [-0.3, -0.25) is 19.3 Å². The van der Waals surface area contributed by atoms with Crippen molar-refractivity contribution in [2.75, 3.05) is 18.0 Å². The van der Waals surface area contributed by atoms with Crippen molar-refractivity contribution in [3.05, 3.63) is 101 Å². The molecule has 3 aromatic carbocycles. The number of anilines is 1. The standard InChI is InChI=1S/C30H33N3O3/c1-22-9-13-26(14-10-22)28(35)33(27-15-11-23(2)12-16-27)30(17-19-32(20-18-30)24(3)34)29(36)31-21-25-7-5-4-6-8-25/h4-16H,17-21H2,1-3H3,(H,31,36). The Morgan fingerprint density at radius 1 is 0.833 bits per heavy atom. The lowest BCUT2D eigenvalue weighted by Crippen LogP contribution is -2.65. The first-order valence-corrected chi connectivity index (χ1v) is 12.4. The van der Waals surface area contributed by atoms with E-state index < -0.39 is 5.54 Å². The van der Waals surface area contributed by atoms with Gasteiger partial charge in [0.1, 0.15) is 5.54 Å². The Balaban J connectivity index is 1.77. The van der Waals surface area contributed by atoms with Crippen LogP contribution in [0.2, 0.25) is 0 Å². The summed E-state index contributed by atoms with van der Waals surface area (Å²) in [5.41, 5.74) is 3.14. The van der Waals surface area contributed by atoms with Crippen LogP contribution >= 0.6 is 0 Å². The lowest BCUT2D eigenvalue weighted by molar-refractivity contribution is -0.135. The number of hydrogen-bond donors (Lipinski definition) is 1. The molecule has 1 saturated heterocycles. The van der Waals surface area contributed by atoms with Crippen molar-refractivity contribution < 1.29 is 14.4 Å². The molecule has 3 amide bonds. The number of amides is 3. The van der Waals surface area contributed by atoms with Crippen LogP contribution in [0.25, 0.3) is 0 Å². The SMILES string of the molecule is CC(=O)N1CCC(C(=O)NCc2ccccc2)(N(C(=O)c2ccc(C)cc2)c2ccc(C)cc2)CC1. The van der Waals surface area contributed by atoms with Gasteiger partial charge in [-0.15, -0.1) is 0 Å². The van der Waals surface area contributed by atoms with Crippen LogP contribution in [-0.4, -0.2) is 41.2 Å². The van der Waals surface area contributed by atoms with E-state index in [0.29, 0.717) is 43.7 Å². The number of carbonyl (C=O) groups is 3. The number of rotatable bonds is 6. The van der Waals surface area contributed by atoms with Gasteiger partial charge >= 0.3 is 0 Å². The molecule has 0 aromatic heterocycles. The first-order chi connectivity index (χ1) is 17.3. The Morgan fingerprint density at radius 3 is 1.94 bits per heavy atom. The fourth-order valence-corrected chi connectivity index (χ4v) is 4.76. The van der Waals surface area contributed by atoms with Gasteiger partial charge in [-0.25, -0.2) is 0 Å². The molecule has 4 rings (SSSR count). The lowest BCUT2D eigenvalue weighted by Gasteiger charge is -2.47. The van der Waals surface area contributed by atoms with Crippen LogP contribution in [0.1, 0.15) is 46.8 Å². The summed E-state index contributed by atoms with van der Waals surface area (Å²) >= 11 is 0. The predicted molar refractivity (Wildman–Crippen MR) is 142 cm³/mol. The lowest BCUT2D eigenvalue weighted by atomic mass is 9.83. The van der Waals surface area contributed by atoms with Gasteiger partial charge in [-0.05, 0) is 56.5 Å². The van der Waals surface area contributed by atoms with Crippen LogP contribution in [-0.2, 0) is 16.1 Å². The van der Waals surface area contributed by atoms with Crippen molar-refractivity contribution in [2.24, 2.45) is 0 Å². The fourth-order valence-electron chi connectivity index (χ4n) is 4.76. The highest BCUT2D eigenvalue weighted by molar-refractivity contribution is 6.11. The molecule has 36 heavy (non-hydrogen) atoms. The second kappa shape index (κ2) is 10.8. The number of nitrogens with zero attached hydrogens (tertiary/aromatic N) is 2. The van der Waals surface area contributed by atoms with E-state index in [2.05, 4.69) is 5.32 Å². The van der Waals surface area contributed by atoms with Crippen molar-refractivity contribution in [3.63, 3.8) is 0 Å². The molecule has 1 heterocycles. The van der Waals surface area contributed by atoms with Crippen LogP contribution in [0.3, 0.4) is 0 Å². The van der Waals surface area contributed by atoms with Gasteiger partial charge < -0.3 is 10.2 Å². The summed E-state index contributed by atoms with van der Waals surface area (Å²) in [6.45, 7) is 6.66. The molecule has 6 heteroatoms. The van der Waals surface area contributed by atoms with Crippen LogP contribution in [0.5, 0.6) is 0 Å². The Bertz CT molecular complexity index is 1210. The number of carbonyl (C=O) groups excluding carboxylic acids is 3. The molecule has 3 aromatic rings. The molecule has 0 radical (unpaired) electrons. The van der Waals surface area contributed by atoms with E-state index in [9.17, 15) is 14.4 Å². The van der Waals surface area contributed by atoms with Gasteiger partial charge in [0.25, 0.3) is 5.91 Å². The van der Waals surface area contributed by atoms with Crippen molar-refractivity contribution in [2.45, 2.75) is 45.7 Å². The first kappa shape index (κ1) is 25.2. The number of aryl methyl sites for hydroxylation is 2. The van der Waals surface area contributed by atoms with E-state index in [1.165, 1.54) is 6.92 Å². The Hall–Kier alpha value is -3.93. The predicted octanol–water partition coefficient (Wildman–Crippen LogP) is 4.65. The maximum Gasteiger partial charge on any atom is 0.259 e. The molecule has 186 valence electrons. The van der Waals surface area contributed by atoms with Gasteiger partial charge in [0.15, 0.2) is 0 Å². The summed E-state index contributed by atoms with van der Waals surface area (Å²) in [5.74, 6) is -0.472. The number of likely N-dealkylation sites (tertiary alicyclic amines) is 1. The van der Waals surface area contributed by atoms with E-state index in [4.69, 9.17) is 0 Å². The van der Waals surface area contributed by atoms with Crippen molar-refractivity contribution in [3.8, 4) is 0 Å². The largest absolute Gasteiger partial charge is 0.350 e. The smallest absolute Gasteiger partial charge is 0.259 e. The molecular formula is C30H33N3O3. The highest BCUT2D eigenvalue weighted by Crippen LogP contribution is 2.36. The zero-order chi connectivity index (χ0) is 25.7. The number of benzene rings is 3. The van der Waals surface area contributed by atoms with Crippen molar-refractivity contribution in [1.82, 2.24) is 10.2 Å². The third-order valence-electron chi connectivity index (χ3n) is 6.98. The van der Waals surface area contributed by atoms with E-state index in [0.717, 1.165) is 16.7 Å². The summed E-state index contributed by atoms with van der Waals surface area (Å²) in [6.07, 6.45) is 0.692. The summed E-state index contributed by atoms with van der Waals surface area (Å²) < 4.78 is 0. The Kier molecular flexibility index (Phi) is 7.53. The highest BCUT2D eigenvalue weighted by atomic mass is 16.2. The molecule has 0 bridgehead atoms.